The third kappa shape index (κ3) is 13.7. The van der Waals surface area contributed by atoms with Crippen LogP contribution < -0.4 is 0 Å². The third-order valence-electron chi connectivity index (χ3n) is 3.70. The van der Waals surface area contributed by atoms with E-state index in [0.717, 1.165) is 0 Å². The molecule has 19 heavy (non-hydrogen) atoms. The van der Waals surface area contributed by atoms with E-state index in [1.165, 1.54) is 77.0 Å². The Labute approximate surface area is 122 Å². The second-order valence-electron chi connectivity index (χ2n) is 5.60. The second-order valence-corrected chi connectivity index (χ2v) is 5.60. The number of rotatable bonds is 13. The normalized spacial score (nSPS) is 12.5. The van der Waals surface area contributed by atoms with Crippen molar-refractivity contribution in [2.24, 2.45) is 0 Å². The topological polar surface area (TPSA) is 0 Å². The van der Waals surface area contributed by atoms with Crippen LogP contribution >= 0.6 is 0 Å². The smallest absolute Gasteiger partial charge is 0.0320 e. The average Bonchev–Trinajstić information content (AvgIpc) is 2.42. The Balaban J connectivity index is 3.42. The number of allylic oxidation sites excluding steroid dienone is 4. The van der Waals surface area contributed by atoms with Crippen LogP contribution in [0, 0.1) is 0 Å². The Bertz CT molecular complexity index is 222. The molecule has 0 unspecified atom stereocenters. The highest BCUT2D eigenvalue weighted by molar-refractivity contribution is 5.01. The van der Waals surface area contributed by atoms with Gasteiger partial charge in [-0.05, 0) is 51.9 Å². The van der Waals surface area contributed by atoms with E-state index in [4.69, 9.17) is 0 Å². The van der Waals surface area contributed by atoms with Crippen LogP contribution in [0.4, 0.5) is 0 Å². The number of hydrogen-bond acceptors (Lipinski definition) is 0. The minimum absolute atomic E-state index is 1.21. The molecule has 0 nitrogen and oxygen atoms in total. The minimum Gasteiger partial charge on any atom is -0.0917 e. The van der Waals surface area contributed by atoms with Gasteiger partial charge in [-0.25, -0.2) is 0 Å². The third-order valence-corrected chi connectivity index (χ3v) is 3.70. The molecule has 0 spiro atoms. The van der Waals surface area contributed by atoms with E-state index in [2.05, 4.69) is 39.0 Å². The summed E-state index contributed by atoms with van der Waals surface area (Å²) >= 11 is 0. The highest BCUT2D eigenvalue weighted by atomic mass is 14.0. The van der Waals surface area contributed by atoms with Gasteiger partial charge in [0.05, 0.1) is 0 Å². The van der Waals surface area contributed by atoms with Crippen molar-refractivity contribution in [1.29, 1.82) is 0 Å². The molecule has 0 aromatic rings. The van der Waals surface area contributed by atoms with E-state index in [1.807, 2.05) is 0 Å². The van der Waals surface area contributed by atoms with Crippen molar-refractivity contribution in [1.82, 2.24) is 0 Å². The fourth-order valence-corrected chi connectivity index (χ4v) is 2.51. The van der Waals surface area contributed by atoms with Crippen molar-refractivity contribution in [3.63, 3.8) is 0 Å². The molecular weight excluding hydrogens is 228 g/mol. The molecular formula is C19H36. The van der Waals surface area contributed by atoms with Gasteiger partial charge in [0, 0.05) is 0 Å². The first kappa shape index (κ1) is 18.5. The molecule has 0 amide bonds. The average molecular weight is 264 g/mol. The van der Waals surface area contributed by atoms with Gasteiger partial charge >= 0.3 is 0 Å². The quantitative estimate of drug-likeness (QED) is 0.243. The van der Waals surface area contributed by atoms with E-state index in [-0.39, 0.29) is 0 Å². The lowest BCUT2D eigenvalue weighted by molar-refractivity contribution is 0.589. The number of hydrogen-bond donors (Lipinski definition) is 0. The van der Waals surface area contributed by atoms with Gasteiger partial charge in [-0.3, -0.25) is 0 Å². The van der Waals surface area contributed by atoms with E-state index in [1.54, 1.807) is 5.57 Å². The molecule has 0 heteroatoms. The van der Waals surface area contributed by atoms with Crippen molar-refractivity contribution < 1.29 is 0 Å². The van der Waals surface area contributed by atoms with Crippen LogP contribution in [0.15, 0.2) is 23.8 Å². The summed E-state index contributed by atoms with van der Waals surface area (Å²) in [6, 6.07) is 0. The molecule has 0 saturated heterocycles. The maximum Gasteiger partial charge on any atom is -0.0320 e. The summed E-state index contributed by atoms with van der Waals surface area (Å²) in [7, 11) is 0. The van der Waals surface area contributed by atoms with Crippen molar-refractivity contribution in [3.8, 4) is 0 Å². The predicted molar refractivity (Wildman–Crippen MR) is 89.6 cm³/mol. The summed E-state index contributed by atoms with van der Waals surface area (Å²) < 4.78 is 0. The summed E-state index contributed by atoms with van der Waals surface area (Å²) in [6.07, 6.45) is 23.3. The van der Waals surface area contributed by atoms with Gasteiger partial charge in [0.15, 0.2) is 0 Å². The summed E-state index contributed by atoms with van der Waals surface area (Å²) in [5.74, 6) is 0. The van der Waals surface area contributed by atoms with Gasteiger partial charge in [-0.2, -0.15) is 0 Å². The molecule has 112 valence electrons. The monoisotopic (exact) mass is 264 g/mol. The molecule has 0 rings (SSSR count). The molecule has 0 atom stereocenters. The van der Waals surface area contributed by atoms with Crippen LogP contribution in [-0.4, -0.2) is 0 Å². The first-order valence-corrected chi connectivity index (χ1v) is 8.64. The van der Waals surface area contributed by atoms with Gasteiger partial charge in [0.1, 0.15) is 0 Å². The highest BCUT2D eigenvalue weighted by Crippen LogP contribution is 2.17. The summed E-state index contributed by atoms with van der Waals surface area (Å²) in [4.78, 5) is 0. The molecule has 0 aromatic heterocycles. The second kappa shape index (κ2) is 15.5. The molecule has 0 saturated carbocycles. The molecule has 0 radical (unpaired) electrons. The van der Waals surface area contributed by atoms with Crippen LogP contribution in [0.3, 0.4) is 0 Å². The van der Waals surface area contributed by atoms with E-state index < -0.39 is 0 Å². The summed E-state index contributed by atoms with van der Waals surface area (Å²) in [5.41, 5.74) is 1.72. The van der Waals surface area contributed by atoms with Crippen LogP contribution in [0.1, 0.15) is 97.8 Å². The maximum atomic E-state index is 2.47. The molecule has 0 heterocycles. The van der Waals surface area contributed by atoms with Crippen molar-refractivity contribution in [2.75, 3.05) is 0 Å². The van der Waals surface area contributed by atoms with Crippen molar-refractivity contribution in [2.45, 2.75) is 97.8 Å². The van der Waals surface area contributed by atoms with Gasteiger partial charge in [-0.15, -0.1) is 0 Å². The van der Waals surface area contributed by atoms with Crippen LogP contribution in [0.5, 0.6) is 0 Å². The summed E-state index contributed by atoms with van der Waals surface area (Å²) in [6.45, 7) is 6.66. The van der Waals surface area contributed by atoms with Crippen LogP contribution in [0.2, 0.25) is 0 Å². The predicted octanol–water partition coefficient (Wildman–Crippen LogP) is 7.21. The summed E-state index contributed by atoms with van der Waals surface area (Å²) in [5, 5.41) is 0. The van der Waals surface area contributed by atoms with Gasteiger partial charge in [0.25, 0.3) is 0 Å². The Hall–Kier alpha value is -0.520. The lowest BCUT2D eigenvalue weighted by Gasteiger charge is -2.07. The molecule has 0 aliphatic carbocycles. The van der Waals surface area contributed by atoms with Crippen molar-refractivity contribution >= 4 is 0 Å². The SMILES string of the molecule is CC=CCCCCCCCCC(=CCC)CCCC. The fourth-order valence-electron chi connectivity index (χ4n) is 2.51. The standard InChI is InChI=1S/C19H36/c1-4-7-9-10-11-12-13-14-15-18-19(16-6-3)17-8-5-2/h4,7,16H,5-6,8-15,17-18H2,1-3H3. The van der Waals surface area contributed by atoms with Gasteiger partial charge in [0.2, 0.25) is 0 Å². The Kier molecular flexibility index (Phi) is 15.1. The van der Waals surface area contributed by atoms with Crippen LogP contribution in [0.25, 0.3) is 0 Å². The molecule has 0 fully saturated rings. The van der Waals surface area contributed by atoms with E-state index >= 15 is 0 Å². The van der Waals surface area contributed by atoms with E-state index in [9.17, 15) is 0 Å². The zero-order valence-electron chi connectivity index (χ0n) is 13.7. The molecule has 0 aliphatic rings. The van der Waals surface area contributed by atoms with Crippen LogP contribution in [-0.2, 0) is 0 Å². The molecule has 0 bridgehead atoms. The first-order chi connectivity index (χ1) is 9.35. The molecule has 0 N–H and O–H groups in total. The lowest BCUT2D eigenvalue weighted by Crippen LogP contribution is -1.87. The van der Waals surface area contributed by atoms with Gasteiger partial charge < -0.3 is 0 Å². The van der Waals surface area contributed by atoms with Gasteiger partial charge in [-0.1, -0.05) is 69.8 Å². The zero-order chi connectivity index (χ0) is 14.2. The molecule has 0 aliphatic heterocycles. The maximum absolute atomic E-state index is 2.47. The Morgan fingerprint density at radius 3 is 2.05 bits per heavy atom. The Morgan fingerprint density at radius 1 is 0.789 bits per heavy atom. The van der Waals surface area contributed by atoms with E-state index in [0.29, 0.717) is 0 Å². The lowest BCUT2D eigenvalue weighted by atomic mass is 10.00. The zero-order valence-corrected chi connectivity index (χ0v) is 13.7. The fraction of sp³-hybridized carbons (Fsp3) is 0.789. The first-order valence-electron chi connectivity index (χ1n) is 8.64. The molecule has 0 aromatic carbocycles. The largest absolute Gasteiger partial charge is 0.0917 e. The van der Waals surface area contributed by atoms with Crippen molar-refractivity contribution in [3.05, 3.63) is 23.8 Å². The highest BCUT2D eigenvalue weighted by Gasteiger charge is 1.97. The Morgan fingerprint density at radius 2 is 1.42 bits per heavy atom. The minimum atomic E-state index is 1.21. The number of unbranched alkanes of at least 4 members (excludes halogenated alkanes) is 7.